The summed E-state index contributed by atoms with van der Waals surface area (Å²) < 4.78 is 21.4. The van der Waals surface area contributed by atoms with Crippen LogP contribution in [-0.4, -0.2) is 30.1 Å². The summed E-state index contributed by atoms with van der Waals surface area (Å²) in [5.41, 5.74) is 6.15. The molecule has 0 unspecified atom stereocenters. The molecule has 1 atom stereocenters. The molecule has 2 aromatic carbocycles. The number of anilines is 2. The first-order chi connectivity index (χ1) is 22.5. The number of pyridine rings is 1. The fraction of sp³-hybridized carbons (Fsp3) is 0.297. The lowest BCUT2D eigenvalue weighted by Crippen LogP contribution is -2.29. The summed E-state index contributed by atoms with van der Waals surface area (Å²) in [4.78, 5) is 34.1. The summed E-state index contributed by atoms with van der Waals surface area (Å²) in [6.45, 7) is 16.7. The predicted octanol–water partition coefficient (Wildman–Crippen LogP) is 8.73. The smallest absolute Gasteiger partial charge is 0.215 e. The van der Waals surface area contributed by atoms with Crippen molar-refractivity contribution in [2.45, 2.75) is 67.0 Å². The summed E-state index contributed by atoms with van der Waals surface area (Å²) in [5.74, 6) is 0.00263. The highest BCUT2D eigenvalue weighted by atomic mass is 32.1. The Balaban J connectivity index is 0.000000547. The van der Waals surface area contributed by atoms with Crippen molar-refractivity contribution in [1.29, 1.82) is 0 Å². The van der Waals surface area contributed by atoms with Crippen molar-refractivity contribution in [3.8, 4) is 11.5 Å². The van der Waals surface area contributed by atoms with Gasteiger partial charge in [0.05, 0.1) is 11.7 Å². The van der Waals surface area contributed by atoms with Crippen LogP contribution in [0.5, 0.6) is 11.5 Å². The molecule has 2 aromatic heterocycles. The van der Waals surface area contributed by atoms with Crippen molar-refractivity contribution in [3.63, 3.8) is 0 Å². The number of thiophene rings is 1. The molecule has 1 aliphatic heterocycles. The minimum atomic E-state index is -0.684. The molecule has 0 fully saturated rings. The van der Waals surface area contributed by atoms with Gasteiger partial charge in [-0.15, -0.1) is 0 Å². The molecular weight excluding hydrogens is 617 g/mol. The number of carbonyl (C=O) groups is 3. The number of aryl methyl sites for hydroxylation is 2. The molecule has 250 valence electrons. The Kier molecular flexibility index (Phi) is 15.0. The molecule has 0 radical (unpaired) electrons. The second-order valence-corrected chi connectivity index (χ2v) is 12.4. The van der Waals surface area contributed by atoms with E-state index < -0.39 is 11.9 Å². The van der Waals surface area contributed by atoms with E-state index in [1.54, 1.807) is 41.7 Å². The van der Waals surface area contributed by atoms with Gasteiger partial charge in [-0.05, 0) is 97.0 Å². The van der Waals surface area contributed by atoms with Crippen molar-refractivity contribution in [1.82, 2.24) is 4.98 Å². The normalized spacial score (nSPS) is 13.6. The maximum absolute atomic E-state index is 15.6. The number of phenolic OH excluding ortho intramolecular Hbond substituents is 1. The van der Waals surface area contributed by atoms with E-state index in [4.69, 9.17) is 14.3 Å². The number of hydrogen-bond donors (Lipinski definition) is 2. The lowest BCUT2D eigenvalue weighted by atomic mass is 9.83. The number of aromatic nitrogens is 1. The summed E-state index contributed by atoms with van der Waals surface area (Å²) in [6.07, 6.45) is 2.31. The first kappa shape index (κ1) is 38.4. The maximum atomic E-state index is 15.6. The predicted molar refractivity (Wildman–Crippen MR) is 187 cm³/mol. The van der Waals surface area contributed by atoms with Crippen LogP contribution < -0.4 is 15.0 Å². The van der Waals surface area contributed by atoms with Gasteiger partial charge >= 0.3 is 0 Å². The summed E-state index contributed by atoms with van der Waals surface area (Å²) in [6, 6.07) is 17.1. The van der Waals surface area contributed by atoms with Gasteiger partial charge in [-0.1, -0.05) is 39.3 Å². The highest BCUT2D eigenvalue weighted by Crippen LogP contribution is 2.47. The zero-order valence-corrected chi connectivity index (χ0v) is 28.7. The number of para-hydroxylation sites is 1. The average Bonchev–Trinajstić information content (AvgIpc) is 3.56. The molecule has 0 saturated heterocycles. The van der Waals surface area contributed by atoms with E-state index in [1.165, 1.54) is 11.0 Å². The average molecular weight is 662 g/mol. The van der Waals surface area contributed by atoms with Crippen molar-refractivity contribution in [2.24, 2.45) is 5.41 Å². The number of halogens is 1. The zero-order valence-electron chi connectivity index (χ0n) is 27.9. The molecule has 5 rings (SSSR count). The molecule has 0 spiro atoms. The molecule has 3 heterocycles. The van der Waals surface area contributed by atoms with Crippen LogP contribution in [0.2, 0.25) is 0 Å². The molecule has 0 saturated carbocycles. The molecule has 47 heavy (non-hydrogen) atoms. The number of fused-ring (bicyclic) bond motifs is 1. The highest BCUT2D eigenvalue weighted by molar-refractivity contribution is 7.07. The van der Waals surface area contributed by atoms with E-state index in [-0.39, 0.29) is 11.2 Å². The number of ether oxygens (including phenoxy) is 1. The number of carbonyl (C=O) groups excluding carboxylic acids is 3. The molecule has 8 nitrogen and oxygen atoms in total. The molecule has 0 aliphatic carbocycles. The summed E-state index contributed by atoms with van der Waals surface area (Å²) in [7, 11) is 0. The van der Waals surface area contributed by atoms with Gasteiger partial charge in [0, 0.05) is 28.7 Å². The van der Waals surface area contributed by atoms with Crippen LogP contribution in [0.25, 0.3) is 0 Å². The van der Waals surface area contributed by atoms with E-state index >= 15 is 4.39 Å². The number of nitrogens with one attached hydrogen (secondary N) is 1. The van der Waals surface area contributed by atoms with Crippen molar-refractivity contribution >= 4 is 42.7 Å². The third-order valence-electron chi connectivity index (χ3n) is 7.74. The molecule has 0 bridgehead atoms. The van der Waals surface area contributed by atoms with E-state index in [0.29, 0.717) is 42.1 Å². The van der Waals surface area contributed by atoms with Crippen LogP contribution in [0.3, 0.4) is 0 Å². The van der Waals surface area contributed by atoms with Crippen molar-refractivity contribution in [2.75, 3.05) is 10.2 Å². The van der Waals surface area contributed by atoms with Gasteiger partial charge in [0.25, 0.3) is 0 Å². The van der Waals surface area contributed by atoms with E-state index in [0.717, 1.165) is 34.6 Å². The Morgan fingerprint density at radius 1 is 1.04 bits per heavy atom. The van der Waals surface area contributed by atoms with Crippen LogP contribution in [0.4, 0.5) is 15.8 Å². The Labute approximate surface area is 280 Å². The number of phenols is 1. The SMILES string of the molecule is C=O.C=O.CCC(C)(C)CC1=C(C)[C@H](c2ccc(OCc3ccsc3)cc2F)N(C=O)c2cccc(O)c2N1.Cc1cccc(C)n1. The molecule has 4 aromatic rings. The number of rotatable bonds is 8. The fourth-order valence-corrected chi connectivity index (χ4v) is 5.62. The van der Waals surface area contributed by atoms with Gasteiger partial charge in [0.2, 0.25) is 6.41 Å². The standard InChI is InChI=1S/C28H31FN2O3S.C7H9N.2CH2O/c1-5-28(3,4)14-23-18(2)27(31(17-32)24-7-6-8-25(33)26(24)30-23)21-10-9-20(13-22(21)29)34-15-19-11-12-35-16-19;1-6-4-3-5-7(2)8-6;2*1-2/h6-13,16-17,27,30,33H,5,14-15H2,1-4H3;3-5H,1-2H3;2*1H2/t27-;;;/m1.../s1. The van der Waals surface area contributed by atoms with Crippen LogP contribution in [-0.2, 0) is 21.0 Å². The highest BCUT2D eigenvalue weighted by Gasteiger charge is 2.34. The van der Waals surface area contributed by atoms with Gasteiger partial charge in [0.15, 0.2) is 0 Å². The molecule has 1 amide bonds. The lowest BCUT2D eigenvalue weighted by molar-refractivity contribution is -0.107. The molecule has 2 N–H and O–H groups in total. The van der Waals surface area contributed by atoms with Crippen LogP contribution in [0, 0.1) is 25.1 Å². The first-order valence-corrected chi connectivity index (χ1v) is 15.9. The minimum absolute atomic E-state index is 0.0345. The molecule has 1 aliphatic rings. The third kappa shape index (κ3) is 10.3. The quantitative estimate of drug-likeness (QED) is 0.144. The van der Waals surface area contributed by atoms with Gasteiger partial charge in [-0.25, -0.2) is 4.39 Å². The fourth-order valence-electron chi connectivity index (χ4n) is 4.96. The zero-order chi connectivity index (χ0) is 35.1. The second-order valence-electron chi connectivity index (χ2n) is 11.6. The number of aromatic hydroxyl groups is 1. The van der Waals surface area contributed by atoms with Gasteiger partial charge < -0.3 is 29.6 Å². The Hall–Kier alpha value is -4.83. The third-order valence-corrected chi connectivity index (χ3v) is 8.48. The topological polar surface area (TPSA) is 109 Å². The molecule has 10 heteroatoms. The van der Waals surface area contributed by atoms with Crippen molar-refractivity contribution in [3.05, 3.63) is 111 Å². The number of hydrogen-bond acceptors (Lipinski definition) is 8. The van der Waals surface area contributed by atoms with E-state index in [2.05, 4.69) is 31.1 Å². The number of nitrogens with zero attached hydrogens (tertiary/aromatic N) is 2. The Bertz CT molecular complexity index is 1600. The van der Waals surface area contributed by atoms with Gasteiger partial charge in [0.1, 0.15) is 43.2 Å². The summed E-state index contributed by atoms with van der Waals surface area (Å²) >= 11 is 1.58. The molecular formula is C37H44FN3O5S. The number of allylic oxidation sites excluding steroid dienone is 1. The second kappa shape index (κ2) is 18.3. The number of benzene rings is 2. The maximum Gasteiger partial charge on any atom is 0.215 e. The lowest BCUT2D eigenvalue weighted by Gasteiger charge is -2.30. The first-order valence-electron chi connectivity index (χ1n) is 15.0. The van der Waals surface area contributed by atoms with Gasteiger partial charge in [-0.2, -0.15) is 11.3 Å². The van der Waals surface area contributed by atoms with Gasteiger partial charge in [-0.3, -0.25) is 9.78 Å². The monoisotopic (exact) mass is 661 g/mol. The van der Waals surface area contributed by atoms with Crippen LogP contribution >= 0.6 is 11.3 Å². The minimum Gasteiger partial charge on any atom is -0.506 e. The number of amides is 1. The largest absolute Gasteiger partial charge is 0.506 e. The Morgan fingerprint density at radius 3 is 2.23 bits per heavy atom. The van der Waals surface area contributed by atoms with Crippen LogP contribution in [0.15, 0.2) is 82.7 Å². The summed E-state index contributed by atoms with van der Waals surface area (Å²) in [5, 5.41) is 18.0. The van der Waals surface area contributed by atoms with E-state index in [1.807, 2.05) is 69.4 Å². The van der Waals surface area contributed by atoms with E-state index in [9.17, 15) is 9.90 Å². The van der Waals surface area contributed by atoms with Crippen LogP contribution in [0.1, 0.15) is 69.1 Å². The Morgan fingerprint density at radius 2 is 1.70 bits per heavy atom. The van der Waals surface area contributed by atoms with Crippen molar-refractivity contribution < 1.29 is 28.6 Å².